The van der Waals surface area contributed by atoms with Crippen LogP contribution in [0.15, 0.2) is 0 Å². The second-order valence-corrected chi connectivity index (χ2v) is 6.87. The minimum atomic E-state index is -0.595. The molecule has 0 aromatic heterocycles. The summed E-state index contributed by atoms with van der Waals surface area (Å²) in [5.74, 6) is 0.0951. The molecule has 2 atom stereocenters. The Balaban J connectivity index is 1.83. The summed E-state index contributed by atoms with van der Waals surface area (Å²) < 4.78 is 0. The van der Waals surface area contributed by atoms with Gasteiger partial charge in [-0.2, -0.15) is 0 Å². The van der Waals surface area contributed by atoms with E-state index in [1.807, 2.05) is 0 Å². The highest BCUT2D eigenvalue weighted by atomic mass is 16.4. The predicted molar refractivity (Wildman–Crippen MR) is 67.9 cm³/mol. The molecule has 1 heterocycles. The lowest BCUT2D eigenvalue weighted by Crippen LogP contribution is -2.57. The van der Waals surface area contributed by atoms with Crippen molar-refractivity contribution in [2.45, 2.75) is 52.5 Å². The highest BCUT2D eigenvalue weighted by Gasteiger charge is 2.40. The van der Waals surface area contributed by atoms with Crippen LogP contribution < -0.4 is 0 Å². The average molecular weight is 239 g/mol. The van der Waals surface area contributed by atoms with Gasteiger partial charge in [-0.15, -0.1) is 0 Å². The number of hydrogen-bond acceptors (Lipinski definition) is 2. The third-order valence-electron chi connectivity index (χ3n) is 4.65. The summed E-state index contributed by atoms with van der Waals surface area (Å²) in [6, 6.07) is 0.531. The molecule has 1 saturated carbocycles. The Morgan fingerprint density at radius 1 is 1.24 bits per heavy atom. The van der Waals surface area contributed by atoms with Crippen molar-refractivity contribution in [3.8, 4) is 0 Å². The van der Waals surface area contributed by atoms with Crippen LogP contribution in [0, 0.1) is 17.3 Å². The molecule has 0 spiro atoms. The van der Waals surface area contributed by atoms with E-state index in [-0.39, 0.29) is 5.92 Å². The van der Waals surface area contributed by atoms with E-state index in [0.29, 0.717) is 11.5 Å². The minimum absolute atomic E-state index is 0.0950. The summed E-state index contributed by atoms with van der Waals surface area (Å²) in [6.45, 7) is 9.24. The number of carbonyl (C=O) groups is 1. The van der Waals surface area contributed by atoms with Crippen LogP contribution in [0.25, 0.3) is 0 Å². The largest absolute Gasteiger partial charge is 0.481 e. The standard InChI is InChI=1S/C14H25NO2/c1-14(2,3)11-8-15(9-11)12-6-4-5-10(7-12)13(16)17/h10-12H,4-9H2,1-3H3,(H,16,17). The fourth-order valence-corrected chi connectivity index (χ4v) is 3.08. The normalized spacial score (nSPS) is 32.2. The topological polar surface area (TPSA) is 40.5 Å². The Hall–Kier alpha value is -0.570. The highest BCUT2D eigenvalue weighted by molar-refractivity contribution is 5.70. The lowest BCUT2D eigenvalue weighted by atomic mass is 9.74. The van der Waals surface area contributed by atoms with Crippen LogP contribution >= 0.6 is 0 Å². The smallest absolute Gasteiger partial charge is 0.306 e. The Morgan fingerprint density at radius 3 is 2.41 bits per heavy atom. The van der Waals surface area contributed by atoms with Gasteiger partial charge < -0.3 is 5.11 Å². The van der Waals surface area contributed by atoms with E-state index < -0.39 is 5.97 Å². The lowest BCUT2D eigenvalue weighted by Gasteiger charge is -2.51. The first-order valence-electron chi connectivity index (χ1n) is 6.85. The molecule has 98 valence electrons. The van der Waals surface area contributed by atoms with Gasteiger partial charge in [0.25, 0.3) is 0 Å². The van der Waals surface area contributed by atoms with Gasteiger partial charge in [-0.25, -0.2) is 0 Å². The molecule has 0 aromatic rings. The first kappa shape index (κ1) is 12.9. The molecule has 2 unspecified atom stereocenters. The van der Waals surface area contributed by atoms with Crippen LogP contribution in [0.3, 0.4) is 0 Å². The Bertz CT molecular complexity index is 289. The predicted octanol–water partition coefficient (Wildman–Crippen LogP) is 2.61. The van der Waals surface area contributed by atoms with Crippen LogP contribution in [-0.4, -0.2) is 35.1 Å². The number of carboxylic acid groups (broad SMARTS) is 1. The Kier molecular flexibility index (Phi) is 3.48. The van der Waals surface area contributed by atoms with Gasteiger partial charge in [0.1, 0.15) is 0 Å². The van der Waals surface area contributed by atoms with Gasteiger partial charge in [0.2, 0.25) is 0 Å². The maximum atomic E-state index is 11.0. The van der Waals surface area contributed by atoms with Crippen LogP contribution in [0.1, 0.15) is 46.5 Å². The van der Waals surface area contributed by atoms with E-state index in [4.69, 9.17) is 5.11 Å². The maximum Gasteiger partial charge on any atom is 0.306 e. The summed E-state index contributed by atoms with van der Waals surface area (Å²) in [4.78, 5) is 13.5. The molecule has 1 N–H and O–H groups in total. The fraction of sp³-hybridized carbons (Fsp3) is 0.929. The molecule has 0 amide bonds. The van der Waals surface area contributed by atoms with Crippen molar-refractivity contribution < 1.29 is 9.90 Å². The number of carboxylic acids is 1. The average Bonchev–Trinajstić information content (AvgIpc) is 2.13. The zero-order chi connectivity index (χ0) is 12.6. The van der Waals surface area contributed by atoms with E-state index in [2.05, 4.69) is 25.7 Å². The first-order valence-corrected chi connectivity index (χ1v) is 6.85. The summed E-state index contributed by atoms with van der Waals surface area (Å²) in [5, 5.41) is 9.09. The molecule has 1 saturated heterocycles. The molecule has 1 aliphatic carbocycles. The fourth-order valence-electron chi connectivity index (χ4n) is 3.08. The summed E-state index contributed by atoms with van der Waals surface area (Å²) in [7, 11) is 0. The number of aliphatic carboxylic acids is 1. The molecular weight excluding hydrogens is 214 g/mol. The minimum Gasteiger partial charge on any atom is -0.481 e. The van der Waals surface area contributed by atoms with Crippen LogP contribution in [0.5, 0.6) is 0 Å². The van der Waals surface area contributed by atoms with Gasteiger partial charge in [-0.3, -0.25) is 9.69 Å². The maximum absolute atomic E-state index is 11.0. The summed E-state index contributed by atoms with van der Waals surface area (Å²) >= 11 is 0. The third-order valence-corrected chi connectivity index (χ3v) is 4.65. The molecule has 1 aliphatic heterocycles. The van der Waals surface area contributed by atoms with E-state index >= 15 is 0 Å². The monoisotopic (exact) mass is 239 g/mol. The van der Waals surface area contributed by atoms with Crippen molar-refractivity contribution in [3.05, 3.63) is 0 Å². The quantitative estimate of drug-likeness (QED) is 0.805. The molecule has 3 nitrogen and oxygen atoms in total. The Morgan fingerprint density at radius 2 is 1.88 bits per heavy atom. The van der Waals surface area contributed by atoms with Gasteiger partial charge in [0.05, 0.1) is 5.92 Å². The van der Waals surface area contributed by atoms with Crippen molar-refractivity contribution in [1.82, 2.24) is 4.90 Å². The van der Waals surface area contributed by atoms with E-state index in [1.54, 1.807) is 0 Å². The molecule has 3 heteroatoms. The third kappa shape index (κ3) is 2.82. The molecule has 2 fully saturated rings. The number of nitrogens with zero attached hydrogens (tertiary/aromatic N) is 1. The number of likely N-dealkylation sites (tertiary alicyclic amines) is 1. The van der Waals surface area contributed by atoms with Gasteiger partial charge in [-0.1, -0.05) is 27.2 Å². The van der Waals surface area contributed by atoms with Crippen molar-refractivity contribution in [3.63, 3.8) is 0 Å². The van der Waals surface area contributed by atoms with Crippen molar-refractivity contribution in [2.24, 2.45) is 17.3 Å². The number of rotatable bonds is 2. The molecule has 0 aromatic carbocycles. The van der Waals surface area contributed by atoms with E-state index in [1.165, 1.54) is 19.5 Å². The van der Waals surface area contributed by atoms with E-state index in [0.717, 1.165) is 25.2 Å². The van der Waals surface area contributed by atoms with Gasteiger partial charge in [0.15, 0.2) is 0 Å². The molecular formula is C14H25NO2. The van der Waals surface area contributed by atoms with Gasteiger partial charge in [-0.05, 0) is 30.6 Å². The van der Waals surface area contributed by atoms with Crippen molar-refractivity contribution in [2.75, 3.05) is 13.1 Å². The van der Waals surface area contributed by atoms with Crippen LogP contribution in [-0.2, 0) is 4.79 Å². The van der Waals surface area contributed by atoms with Gasteiger partial charge >= 0.3 is 5.97 Å². The Labute approximate surface area is 104 Å². The molecule has 17 heavy (non-hydrogen) atoms. The SMILES string of the molecule is CC(C)(C)C1CN(C2CCCC(C(=O)O)C2)C1. The van der Waals surface area contributed by atoms with Crippen molar-refractivity contribution >= 4 is 5.97 Å². The van der Waals surface area contributed by atoms with E-state index in [9.17, 15) is 4.79 Å². The second-order valence-electron chi connectivity index (χ2n) is 6.87. The first-order chi connectivity index (χ1) is 7.88. The lowest BCUT2D eigenvalue weighted by molar-refractivity contribution is -0.144. The molecule has 0 bridgehead atoms. The highest BCUT2D eigenvalue weighted by Crippen LogP contribution is 2.38. The van der Waals surface area contributed by atoms with Gasteiger partial charge in [0, 0.05) is 19.1 Å². The zero-order valence-electron chi connectivity index (χ0n) is 11.3. The number of hydrogen-bond donors (Lipinski definition) is 1. The summed E-state index contributed by atoms with van der Waals surface area (Å²) in [5.41, 5.74) is 0.400. The molecule has 2 aliphatic rings. The summed E-state index contributed by atoms with van der Waals surface area (Å²) in [6.07, 6.45) is 4.02. The molecule has 2 rings (SSSR count). The second kappa shape index (κ2) is 4.60. The zero-order valence-corrected chi connectivity index (χ0v) is 11.3. The van der Waals surface area contributed by atoms with Crippen molar-refractivity contribution in [1.29, 1.82) is 0 Å². The van der Waals surface area contributed by atoms with Crippen LogP contribution in [0.2, 0.25) is 0 Å². The molecule has 0 radical (unpaired) electrons. The van der Waals surface area contributed by atoms with Crippen LogP contribution in [0.4, 0.5) is 0 Å².